The summed E-state index contributed by atoms with van der Waals surface area (Å²) in [7, 11) is 1.75. The molecule has 0 aliphatic carbocycles. The average Bonchev–Trinajstić information content (AvgIpc) is 3.03. The molecule has 0 saturated heterocycles. The molecule has 20 heavy (non-hydrogen) atoms. The fraction of sp³-hybridized carbons (Fsp3) is 0.286. The molecule has 2 rings (SSSR count). The number of furan rings is 1. The van der Waals surface area contributed by atoms with Crippen LogP contribution in [0, 0.1) is 13.8 Å². The van der Waals surface area contributed by atoms with E-state index in [0.717, 1.165) is 29.3 Å². The number of thiocarbonyl (C=S) groups is 1. The Kier molecular flexibility index (Phi) is 4.57. The molecule has 0 aliphatic rings. The van der Waals surface area contributed by atoms with Crippen molar-refractivity contribution in [1.29, 1.82) is 0 Å². The van der Waals surface area contributed by atoms with E-state index in [1.807, 2.05) is 12.1 Å². The maximum atomic E-state index is 5.39. The van der Waals surface area contributed by atoms with Crippen molar-refractivity contribution in [2.75, 3.05) is 7.05 Å². The minimum Gasteiger partial charge on any atom is -0.467 e. The van der Waals surface area contributed by atoms with Gasteiger partial charge in [0.1, 0.15) is 5.76 Å². The number of hydrogen-bond donors (Lipinski definition) is 2. The van der Waals surface area contributed by atoms with Crippen molar-refractivity contribution in [3.63, 3.8) is 0 Å². The summed E-state index contributed by atoms with van der Waals surface area (Å²) >= 11 is 4.96. The second-order valence-corrected chi connectivity index (χ2v) is 4.85. The van der Waals surface area contributed by atoms with Crippen LogP contribution in [-0.4, -0.2) is 22.9 Å². The highest BCUT2D eigenvalue weighted by Gasteiger charge is 2.09. The number of nitrogens with one attached hydrogen (secondary N) is 2. The molecule has 0 bridgehead atoms. The quantitative estimate of drug-likeness (QED) is 0.515. The molecule has 0 aromatic carbocycles. The molecule has 0 spiro atoms. The summed E-state index contributed by atoms with van der Waals surface area (Å²) < 4.78 is 7.58. The molecule has 2 heterocycles. The van der Waals surface area contributed by atoms with Gasteiger partial charge in [-0.25, -0.2) is 0 Å². The second-order valence-electron chi connectivity index (χ2n) is 4.44. The smallest absolute Gasteiger partial charge is 0.186 e. The Bertz CT molecular complexity index is 613. The Hall–Kier alpha value is -2.08. The zero-order valence-corrected chi connectivity index (χ0v) is 12.6. The maximum Gasteiger partial charge on any atom is 0.186 e. The molecule has 106 valence electrons. The first-order valence-corrected chi connectivity index (χ1v) is 6.72. The third-order valence-corrected chi connectivity index (χ3v) is 3.40. The largest absolute Gasteiger partial charge is 0.467 e. The molecule has 0 saturated carbocycles. The average molecular weight is 290 g/mol. The van der Waals surface area contributed by atoms with Gasteiger partial charge >= 0.3 is 0 Å². The molecule has 0 fully saturated rings. The lowest BCUT2D eigenvalue weighted by atomic mass is 10.3. The van der Waals surface area contributed by atoms with Gasteiger partial charge in [-0.05, 0) is 44.3 Å². The zero-order valence-electron chi connectivity index (χ0n) is 11.8. The van der Waals surface area contributed by atoms with Gasteiger partial charge in [0.05, 0.1) is 19.0 Å². The van der Waals surface area contributed by atoms with Gasteiger partial charge < -0.3 is 14.3 Å². The Morgan fingerprint density at radius 1 is 1.50 bits per heavy atom. The first-order valence-electron chi connectivity index (χ1n) is 6.31. The molecular formula is C14H18N4OS. The van der Waals surface area contributed by atoms with E-state index in [-0.39, 0.29) is 0 Å². The fourth-order valence-corrected chi connectivity index (χ4v) is 2.03. The molecular weight excluding hydrogens is 272 g/mol. The van der Waals surface area contributed by atoms with Crippen LogP contribution >= 0.6 is 12.2 Å². The van der Waals surface area contributed by atoms with Crippen LogP contribution in [0.3, 0.4) is 0 Å². The van der Waals surface area contributed by atoms with E-state index < -0.39 is 0 Å². The summed E-state index contributed by atoms with van der Waals surface area (Å²) in [5, 5.41) is 7.40. The lowest BCUT2D eigenvalue weighted by Gasteiger charge is -2.07. The number of hydrazone groups is 1. The van der Waals surface area contributed by atoms with Crippen LogP contribution in [0.5, 0.6) is 0 Å². The highest BCUT2D eigenvalue weighted by molar-refractivity contribution is 7.80. The fourth-order valence-electron chi connectivity index (χ4n) is 1.98. The monoisotopic (exact) mass is 290 g/mol. The van der Waals surface area contributed by atoms with Gasteiger partial charge in [0.25, 0.3) is 0 Å². The van der Waals surface area contributed by atoms with Gasteiger partial charge in [0, 0.05) is 24.0 Å². The second kappa shape index (κ2) is 6.38. The molecule has 0 amide bonds. The van der Waals surface area contributed by atoms with Crippen LogP contribution in [0.15, 0.2) is 34.0 Å². The first-order chi connectivity index (χ1) is 9.61. The SMILES string of the molecule is CNC(=S)N/N=C\c1cc(C)n(Cc2ccco2)c1C. The van der Waals surface area contributed by atoms with Crippen LogP contribution in [0.2, 0.25) is 0 Å². The van der Waals surface area contributed by atoms with Crippen LogP contribution in [-0.2, 0) is 6.54 Å². The highest BCUT2D eigenvalue weighted by atomic mass is 32.1. The highest BCUT2D eigenvalue weighted by Crippen LogP contribution is 2.15. The molecule has 2 aromatic heterocycles. The summed E-state index contributed by atoms with van der Waals surface area (Å²) in [4.78, 5) is 0. The molecule has 2 aromatic rings. The van der Waals surface area contributed by atoms with E-state index in [1.165, 1.54) is 0 Å². The summed E-state index contributed by atoms with van der Waals surface area (Å²) in [6.45, 7) is 4.85. The van der Waals surface area contributed by atoms with Crippen molar-refractivity contribution in [2.24, 2.45) is 5.10 Å². The van der Waals surface area contributed by atoms with Gasteiger partial charge in [-0.1, -0.05) is 0 Å². The van der Waals surface area contributed by atoms with Crippen LogP contribution in [0.4, 0.5) is 0 Å². The lowest BCUT2D eigenvalue weighted by molar-refractivity contribution is 0.489. The van der Waals surface area contributed by atoms with Crippen molar-refractivity contribution in [1.82, 2.24) is 15.3 Å². The number of nitrogens with zero attached hydrogens (tertiary/aromatic N) is 2. The normalized spacial score (nSPS) is 10.9. The van der Waals surface area contributed by atoms with Gasteiger partial charge in [-0.2, -0.15) is 5.10 Å². The Balaban J connectivity index is 2.14. The predicted molar refractivity (Wildman–Crippen MR) is 84.1 cm³/mol. The van der Waals surface area contributed by atoms with Crippen molar-refractivity contribution in [3.05, 3.63) is 47.2 Å². The topological polar surface area (TPSA) is 54.5 Å². The van der Waals surface area contributed by atoms with E-state index in [9.17, 15) is 0 Å². The third-order valence-electron chi connectivity index (χ3n) is 3.10. The number of hydrogen-bond acceptors (Lipinski definition) is 3. The lowest BCUT2D eigenvalue weighted by Crippen LogP contribution is -2.28. The van der Waals surface area contributed by atoms with Gasteiger partial charge in [-0.15, -0.1) is 0 Å². The van der Waals surface area contributed by atoms with Crippen molar-refractivity contribution in [2.45, 2.75) is 20.4 Å². The van der Waals surface area contributed by atoms with Crippen LogP contribution < -0.4 is 10.7 Å². The molecule has 6 heteroatoms. The predicted octanol–water partition coefficient (Wildman–Crippen LogP) is 2.17. The summed E-state index contributed by atoms with van der Waals surface area (Å²) in [5.41, 5.74) is 6.10. The molecule has 0 radical (unpaired) electrons. The number of rotatable bonds is 4. The molecule has 0 aliphatic heterocycles. The molecule has 0 atom stereocenters. The Morgan fingerprint density at radius 3 is 2.95 bits per heavy atom. The Labute approximate surface area is 123 Å². The molecule has 5 nitrogen and oxygen atoms in total. The zero-order chi connectivity index (χ0) is 14.5. The van der Waals surface area contributed by atoms with Crippen LogP contribution in [0.1, 0.15) is 22.7 Å². The minimum atomic E-state index is 0.491. The molecule has 0 unspecified atom stereocenters. The third kappa shape index (κ3) is 3.27. The number of aryl methyl sites for hydroxylation is 1. The Morgan fingerprint density at radius 2 is 2.30 bits per heavy atom. The van der Waals surface area contributed by atoms with E-state index in [4.69, 9.17) is 16.6 Å². The maximum absolute atomic E-state index is 5.39. The van der Waals surface area contributed by atoms with Gasteiger partial charge in [0.2, 0.25) is 0 Å². The summed E-state index contributed by atoms with van der Waals surface area (Å²) in [5.74, 6) is 0.935. The van der Waals surface area contributed by atoms with Crippen molar-refractivity contribution in [3.8, 4) is 0 Å². The van der Waals surface area contributed by atoms with E-state index in [1.54, 1.807) is 19.5 Å². The van der Waals surface area contributed by atoms with E-state index >= 15 is 0 Å². The van der Waals surface area contributed by atoms with Gasteiger partial charge in [-0.3, -0.25) is 5.43 Å². The summed E-state index contributed by atoms with van der Waals surface area (Å²) in [6.07, 6.45) is 3.46. The van der Waals surface area contributed by atoms with Crippen molar-refractivity contribution < 1.29 is 4.42 Å². The van der Waals surface area contributed by atoms with Gasteiger partial charge in [0.15, 0.2) is 5.11 Å². The summed E-state index contributed by atoms with van der Waals surface area (Å²) in [6, 6.07) is 5.96. The van der Waals surface area contributed by atoms with Crippen LogP contribution in [0.25, 0.3) is 0 Å². The first kappa shape index (κ1) is 14.3. The van der Waals surface area contributed by atoms with Crippen molar-refractivity contribution >= 4 is 23.5 Å². The molecule has 2 N–H and O–H groups in total. The number of aromatic nitrogens is 1. The van der Waals surface area contributed by atoms with E-state index in [0.29, 0.717) is 5.11 Å². The minimum absolute atomic E-state index is 0.491. The standard InChI is InChI=1S/C14H18N4OS/c1-10-7-12(8-16-17-14(20)15-3)11(2)18(10)9-13-5-4-6-19-13/h4-8H,9H2,1-3H3,(H2,15,17,20)/b16-8-. The van der Waals surface area contributed by atoms with E-state index in [2.05, 4.69) is 40.3 Å².